The third-order valence-corrected chi connectivity index (χ3v) is 4.76. The number of carbonyl (C=O) groups excluding carboxylic acids is 1. The maximum atomic E-state index is 13.1. The minimum Gasteiger partial charge on any atom is -0.495 e. The first kappa shape index (κ1) is 22.7. The molecule has 9 heteroatoms. The van der Waals surface area contributed by atoms with Gasteiger partial charge in [-0.15, -0.1) is 0 Å². The summed E-state index contributed by atoms with van der Waals surface area (Å²) in [7, 11) is 1.53. The fraction of sp³-hybridized carbons (Fsp3) is 0.217. The highest BCUT2D eigenvalue weighted by molar-refractivity contribution is 6.00. The lowest BCUT2D eigenvalue weighted by molar-refractivity contribution is 0.262. The molecule has 1 aromatic heterocycles. The van der Waals surface area contributed by atoms with Gasteiger partial charge in [-0.05, 0) is 55.3 Å². The third-order valence-electron chi connectivity index (χ3n) is 4.76. The highest BCUT2D eigenvalue weighted by atomic mass is 19.1. The van der Waals surface area contributed by atoms with Crippen molar-refractivity contribution < 1.29 is 13.9 Å². The summed E-state index contributed by atoms with van der Waals surface area (Å²) in [5.74, 6) is 0.494. The second-order valence-corrected chi connectivity index (χ2v) is 6.99. The summed E-state index contributed by atoms with van der Waals surface area (Å²) in [6.45, 7) is 2.74. The predicted molar refractivity (Wildman–Crippen MR) is 119 cm³/mol. The first-order valence-electron chi connectivity index (χ1n) is 9.94. The van der Waals surface area contributed by atoms with Crippen LogP contribution in [-0.4, -0.2) is 29.7 Å². The summed E-state index contributed by atoms with van der Waals surface area (Å²) in [6, 6.07) is 13.4. The molecule has 0 bridgehead atoms. The molecule has 164 valence electrons. The number of ether oxygens (including phenoxy) is 1. The van der Waals surface area contributed by atoms with Gasteiger partial charge in [-0.1, -0.05) is 18.2 Å². The third kappa shape index (κ3) is 6.23. The fourth-order valence-electron chi connectivity index (χ4n) is 3.02. The van der Waals surface area contributed by atoms with Crippen molar-refractivity contribution in [2.75, 3.05) is 24.3 Å². The molecule has 3 aromatic rings. The molecule has 0 spiro atoms. The molecule has 0 saturated heterocycles. The van der Waals surface area contributed by atoms with Crippen molar-refractivity contribution in [2.45, 2.75) is 19.4 Å². The zero-order valence-electron chi connectivity index (χ0n) is 17.7. The van der Waals surface area contributed by atoms with Crippen molar-refractivity contribution in [1.29, 1.82) is 5.26 Å². The van der Waals surface area contributed by atoms with Gasteiger partial charge in [0.05, 0.1) is 25.2 Å². The maximum absolute atomic E-state index is 13.1. The summed E-state index contributed by atoms with van der Waals surface area (Å²) < 4.78 is 18.5. The number of aromatic nitrogens is 2. The molecule has 1 atom stereocenters. The van der Waals surface area contributed by atoms with Crippen LogP contribution in [0.15, 0.2) is 54.9 Å². The first-order chi connectivity index (χ1) is 15.5. The van der Waals surface area contributed by atoms with Gasteiger partial charge in [-0.3, -0.25) is 5.32 Å². The molecular formula is C23H23FN6O2. The number of hydrogen-bond acceptors (Lipinski definition) is 6. The van der Waals surface area contributed by atoms with Crippen molar-refractivity contribution in [3.05, 3.63) is 77.5 Å². The molecule has 0 aliphatic rings. The van der Waals surface area contributed by atoms with Crippen molar-refractivity contribution in [3.63, 3.8) is 0 Å². The van der Waals surface area contributed by atoms with Crippen LogP contribution >= 0.6 is 0 Å². The van der Waals surface area contributed by atoms with Crippen LogP contribution in [0, 0.1) is 17.1 Å². The molecule has 0 fully saturated rings. The van der Waals surface area contributed by atoms with Crippen LogP contribution in [0.3, 0.4) is 0 Å². The second kappa shape index (κ2) is 10.8. The number of nitriles is 1. The van der Waals surface area contributed by atoms with Gasteiger partial charge in [-0.25, -0.2) is 19.2 Å². The van der Waals surface area contributed by atoms with Crippen LogP contribution in [-0.2, 0) is 6.42 Å². The number of nitrogens with one attached hydrogen (secondary N) is 3. The van der Waals surface area contributed by atoms with Gasteiger partial charge in [0.15, 0.2) is 11.5 Å². The van der Waals surface area contributed by atoms with Crippen molar-refractivity contribution >= 4 is 17.5 Å². The number of anilines is 2. The summed E-state index contributed by atoms with van der Waals surface area (Å²) in [6.07, 6.45) is 3.32. The molecular weight excluding hydrogens is 411 g/mol. The molecule has 3 rings (SSSR count). The van der Waals surface area contributed by atoms with E-state index >= 15 is 0 Å². The van der Waals surface area contributed by atoms with Crippen molar-refractivity contribution in [3.8, 4) is 11.8 Å². The Morgan fingerprint density at radius 2 is 1.94 bits per heavy atom. The number of benzene rings is 2. The van der Waals surface area contributed by atoms with Crippen molar-refractivity contribution in [1.82, 2.24) is 15.3 Å². The zero-order chi connectivity index (χ0) is 22.9. The molecule has 0 unspecified atom stereocenters. The van der Waals surface area contributed by atoms with Crippen LogP contribution in [0.25, 0.3) is 0 Å². The quantitative estimate of drug-likeness (QED) is 0.493. The highest BCUT2D eigenvalue weighted by Crippen LogP contribution is 2.26. The molecule has 0 aliphatic carbocycles. The van der Waals surface area contributed by atoms with Crippen LogP contribution < -0.4 is 20.7 Å². The molecule has 0 aliphatic heterocycles. The Morgan fingerprint density at radius 1 is 1.16 bits per heavy atom. The van der Waals surface area contributed by atoms with E-state index in [0.29, 0.717) is 18.0 Å². The number of halogens is 1. The lowest BCUT2D eigenvalue weighted by Crippen LogP contribution is -2.22. The van der Waals surface area contributed by atoms with Gasteiger partial charge in [0.25, 0.3) is 0 Å². The van der Waals surface area contributed by atoms with Gasteiger partial charge in [0.1, 0.15) is 17.6 Å². The average Bonchev–Trinajstić information content (AvgIpc) is 2.80. The summed E-state index contributed by atoms with van der Waals surface area (Å²) in [5, 5.41) is 17.4. The van der Waals surface area contributed by atoms with Gasteiger partial charge < -0.3 is 15.4 Å². The Kier molecular flexibility index (Phi) is 7.67. The van der Waals surface area contributed by atoms with E-state index in [4.69, 9.17) is 10.00 Å². The molecule has 8 nitrogen and oxygen atoms in total. The van der Waals surface area contributed by atoms with E-state index in [9.17, 15) is 9.18 Å². The Morgan fingerprint density at radius 3 is 2.59 bits per heavy atom. The lowest BCUT2D eigenvalue weighted by atomic mass is 10.1. The Balaban J connectivity index is 1.54. The summed E-state index contributed by atoms with van der Waals surface area (Å²) >= 11 is 0. The van der Waals surface area contributed by atoms with E-state index in [1.165, 1.54) is 31.6 Å². The normalized spacial score (nSPS) is 11.3. The number of nitrogens with zero attached hydrogens (tertiary/aromatic N) is 3. The zero-order valence-corrected chi connectivity index (χ0v) is 17.7. The molecule has 3 N–H and O–H groups in total. The Labute approximate surface area is 185 Å². The minimum atomic E-state index is -0.509. The number of carbonyl (C=O) groups is 1. The van der Waals surface area contributed by atoms with E-state index < -0.39 is 6.03 Å². The Bertz CT molecular complexity index is 1100. The number of amides is 2. The van der Waals surface area contributed by atoms with Gasteiger partial charge >= 0.3 is 6.03 Å². The van der Waals surface area contributed by atoms with E-state index in [2.05, 4.69) is 25.9 Å². The van der Waals surface area contributed by atoms with Crippen LogP contribution in [0.4, 0.5) is 20.7 Å². The molecule has 32 heavy (non-hydrogen) atoms. The van der Waals surface area contributed by atoms with Crippen LogP contribution in [0.5, 0.6) is 5.75 Å². The number of methoxy groups -OCH3 is 1. The number of hydrogen-bond donors (Lipinski definition) is 3. The van der Waals surface area contributed by atoms with Gasteiger partial charge in [0, 0.05) is 6.04 Å². The first-order valence-corrected chi connectivity index (χ1v) is 9.94. The molecule has 0 radical (unpaired) electrons. The van der Waals surface area contributed by atoms with E-state index in [1.54, 1.807) is 18.2 Å². The SMILES string of the molecule is COc1cc(CCN[C@H](C)c2ccc(F)cc2)ccc1NC(=O)Nc1cnc(C#N)cn1. The smallest absolute Gasteiger partial charge is 0.324 e. The Hall–Kier alpha value is -4.03. The average molecular weight is 434 g/mol. The standard InChI is InChI=1S/C23H23FN6O2/c1-15(17-4-6-18(24)7-5-17)26-10-9-16-3-8-20(21(11-16)32-2)29-23(31)30-22-14-27-19(12-25)13-28-22/h3-8,11,13-15,26H,9-10H2,1-2H3,(H2,28,29,30,31)/t15-/m1/s1. The largest absolute Gasteiger partial charge is 0.495 e. The number of rotatable bonds is 8. The number of urea groups is 1. The van der Waals surface area contributed by atoms with Gasteiger partial charge in [0.2, 0.25) is 0 Å². The van der Waals surface area contributed by atoms with E-state index in [1.807, 2.05) is 25.1 Å². The highest BCUT2D eigenvalue weighted by Gasteiger charge is 2.10. The topological polar surface area (TPSA) is 112 Å². The van der Waals surface area contributed by atoms with E-state index in [-0.39, 0.29) is 23.4 Å². The summed E-state index contributed by atoms with van der Waals surface area (Å²) in [4.78, 5) is 20.0. The second-order valence-electron chi connectivity index (χ2n) is 6.99. The fourth-order valence-corrected chi connectivity index (χ4v) is 3.02. The van der Waals surface area contributed by atoms with Crippen LogP contribution in [0.2, 0.25) is 0 Å². The monoisotopic (exact) mass is 434 g/mol. The predicted octanol–water partition coefficient (Wildman–Crippen LogP) is 4.03. The van der Waals surface area contributed by atoms with E-state index in [0.717, 1.165) is 17.5 Å². The molecule has 2 amide bonds. The lowest BCUT2D eigenvalue weighted by Gasteiger charge is -2.15. The molecule has 2 aromatic carbocycles. The van der Waals surface area contributed by atoms with Gasteiger partial charge in [-0.2, -0.15) is 5.26 Å². The summed E-state index contributed by atoms with van der Waals surface area (Å²) in [5.41, 5.74) is 2.71. The van der Waals surface area contributed by atoms with Crippen LogP contribution in [0.1, 0.15) is 29.8 Å². The maximum Gasteiger partial charge on any atom is 0.324 e. The van der Waals surface area contributed by atoms with Crippen molar-refractivity contribution in [2.24, 2.45) is 0 Å². The molecule has 1 heterocycles. The molecule has 0 saturated carbocycles. The minimum absolute atomic E-state index is 0.0902.